The number of rotatable bonds is 4. The minimum absolute atomic E-state index is 0.189. The molecule has 0 bridgehead atoms. The van der Waals surface area contributed by atoms with Gasteiger partial charge in [0.25, 0.3) is 0 Å². The third-order valence-electron chi connectivity index (χ3n) is 4.41. The Balaban J connectivity index is 1.98. The van der Waals surface area contributed by atoms with E-state index in [-0.39, 0.29) is 4.90 Å². The van der Waals surface area contributed by atoms with E-state index in [2.05, 4.69) is 0 Å². The fourth-order valence-corrected chi connectivity index (χ4v) is 5.16. The molecule has 1 saturated carbocycles. The Kier molecular flexibility index (Phi) is 3.76. The zero-order valence-corrected chi connectivity index (χ0v) is 13.7. The first kappa shape index (κ1) is 15.7. The highest BCUT2D eigenvalue weighted by atomic mass is 32.2. The molecule has 120 valence electrons. The van der Waals surface area contributed by atoms with Crippen LogP contribution in [0, 0.1) is 19.8 Å². The summed E-state index contributed by atoms with van der Waals surface area (Å²) >= 11 is 0. The molecule has 2 aromatic rings. The molecule has 0 aromatic heterocycles. The summed E-state index contributed by atoms with van der Waals surface area (Å²) in [5, 5.41) is 8.50. The van der Waals surface area contributed by atoms with E-state index in [0.29, 0.717) is 0 Å². The second-order valence-electron chi connectivity index (χ2n) is 6.12. The first-order valence-electron chi connectivity index (χ1n) is 7.42. The summed E-state index contributed by atoms with van der Waals surface area (Å²) in [6.45, 7) is 3.81. The smallest absolute Gasteiger partial charge is 0.308 e. The molecule has 1 aliphatic rings. The summed E-state index contributed by atoms with van der Waals surface area (Å²) in [4.78, 5) is 11.7. The Morgan fingerprint density at radius 3 is 1.87 bits per heavy atom. The number of benzene rings is 2. The van der Waals surface area contributed by atoms with Gasteiger partial charge in [-0.05, 0) is 31.5 Å². The van der Waals surface area contributed by atoms with Crippen LogP contribution in [0.1, 0.15) is 22.6 Å². The van der Waals surface area contributed by atoms with Gasteiger partial charge in [0.2, 0.25) is 0 Å². The van der Waals surface area contributed by atoms with E-state index in [4.69, 9.17) is 0 Å². The molecule has 0 unspecified atom stereocenters. The van der Waals surface area contributed by atoms with Crippen molar-refractivity contribution < 1.29 is 18.3 Å². The molecule has 0 radical (unpaired) electrons. The summed E-state index contributed by atoms with van der Waals surface area (Å²) in [5.74, 6) is -2.43. The van der Waals surface area contributed by atoms with E-state index >= 15 is 0 Å². The van der Waals surface area contributed by atoms with Crippen LogP contribution in [0.2, 0.25) is 0 Å². The molecule has 0 heterocycles. The molecule has 3 atom stereocenters. The monoisotopic (exact) mass is 330 g/mol. The number of sulfone groups is 1. The standard InChI is InChI=1S/C18H18O4S/c1-11-3-7-13(8-4-11)15-16(18(19)20)17(15)23(21,22)14-9-5-12(2)6-10-14/h3-10,15-17H,1-2H3,(H,19,20)/t15-,16-,17+/m1/s1. The summed E-state index contributed by atoms with van der Waals surface area (Å²) in [5.41, 5.74) is 2.78. The Morgan fingerprint density at radius 2 is 1.39 bits per heavy atom. The fraction of sp³-hybridized carbons (Fsp3) is 0.278. The zero-order chi connectivity index (χ0) is 16.8. The van der Waals surface area contributed by atoms with Crippen molar-refractivity contribution in [2.45, 2.75) is 29.9 Å². The topological polar surface area (TPSA) is 71.4 Å². The van der Waals surface area contributed by atoms with Gasteiger partial charge < -0.3 is 5.11 Å². The van der Waals surface area contributed by atoms with Crippen LogP contribution in [0.5, 0.6) is 0 Å². The van der Waals surface area contributed by atoms with Crippen molar-refractivity contribution in [3.05, 3.63) is 65.2 Å². The molecule has 5 heteroatoms. The van der Waals surface area contributed by atoms with Crippen LogP contribution >= 0.6 is 0 Å². The third-order valence-corrected chi connectivity index (χ3v) is 6.64. The van der Waals surface area contributed by atoms with Crippen LogP contribution in [0.3, 0.4) is 0 Å². The minimum Gasteiger partial charge on any atom is -0.481 e. The van der Waals surface area contributed by atoms with Crippen LogP contribution in [0.4, 0.5) is 0 Å². The van der Waals surface area contributed by atoms with Crippen molar-refractivity contribution >= 4 is 15.8 Å². The molecule has 4 nitrogen and oxygen atoms in total. The van der Waals surface area contributed by atoms with Gasteiger partial charge >= 0.3 is 5.97 Å². The van der Waals surface area contributed by atoms with Gasteiger partial charge in [0.05, 0.1) is 16.1 Å². The van der Waals surface area contributed by atoms with Crippen LogP contribution in [0.15, 0.2) is 53.4 Å². The van der Waals surface area contributed by atoms with Gasteiger partial charge in [0.15, 0.2) is 9.84 Å². The first-order valence-corrected chi connectivity index (χ1v) is 8.97. The lowest BCUT2D eigenvalue weighted by Gasteiger charge is -2.05. The molecule has 2 aromatic carbocycles. The molecule has 1 N–H and O–H groups in total. The predicted octanol–water partition coefficient (Wildman–Crippen LogP) is 2.94. The van der Waals surface area contributed by atoms with Gasteiger partial charge in [-0.1, -0.05) is 47.5 Å². The van der Waals surface area contributed by atoms with Crippen molar-refractivity contribution in [2.24, 2.45) is 5.92 Å². The lowest BCUT2D eigenvalue weighted by atomic mass is 10.1. The van der Waals surface area contributed by atoms with E-state index in [9.17, 15) is 18.3 Å². The van der Waals surface area contributed by atoms with Gasteiger partial charge in [-0.2, -0.15) is 0 Å². The average molecular weight is 330 g/mol. The lowest BCUT2D eigenvalue weighted by molar-refractivity contribution is -0.138. The highest BCUT2D eigenvalue weighted by Gasteiger charge is 2.63. The number of hydrogen-bond acceptors (Lipinski definition) is 3. The maximum atomic E-state index is 12.8. The Hall–Kier alpha value is -2.14. The SMILES string of the molecule is Cc1ccc([C@@H]2[C@@H](C(=O)O)[C@H]2S(=O)(=O)c2ccc(C)cc2)cc1. The van der Waals surface area contributed by atoms with Crippen molar-refractivity contribution in [1.82, 2.24) is 0 Å². The second kappa shape index (κ2) is 5.49. The normalized spacial score (nSPS) is 23.5. The summed E-state index contributed by atoms with van der Waals surface area (Å²) < 4.78 is 25.6. The van der Waals surface area contributed by atoms with E-state index in [0.717, 1.165) is 16.7 Å². The van der Waals surface area contributed by atoms with Gasteiger partial charge in [0, 0.05) is 5.92 Å². The van der Waals surface area contributed by atoms with Gasteiger partial charge in [-0.25, -0.2) is 8.42 Å². The number of hydrogen-bond donors (Lipinski definition) is 1. The molecule has 1 aliphatic carbocycles. The molecular formula is C18H18O4S. The third kappa shape index (κ3) is 2.77. The molecule has 0 aliphatic heterocycles. The summed E-state index contributed by atoms with van der Waals surface area (Å²) in [7, 11) is -3.67. The molecule has 1 fully saturated rings. The number of carboxylic acids is 1. The van der Waals surface area contributed by atoms with E-state index in [1.165, 1.54) is 0 Å². The molecular weight excluding hydrogens is 312 g/mol. The van der Waals surface area contributed by atoms with Crippen molar-refractivity contribution in [2.75, 3.05) is 0 Å². The second-order valence-corrected chi connectivity index (χ2v) is 8.23. The Labute approximate surface area is 135 Å². The largest absolute Gasteiger partial charge is 0.481 e. The molecule has 23 heavy (non-hydrogen) atoms. The van der Waals surface area contributed by atoms with Crippen molar-refractivity contribution in [1.29, 1.82) is 0 Å². The minimum atomic E-state index is -3.67. The Bertz CT molecular complexity index is 836. The number of carbonyl (C=O) groups is 1. The van der Waals surface area contributed by atoms with Crippen LogP contribution in [0.25, 0.3) is 0 Å². The maximum absolute atomic E-state index is 12.8. The van der Waals surface area contributed by atoms with Gasteiger partial charge in [0.1, 0.15) is 0 Å². The summed E-state index contributed by atoms with van der Waals surface area (Å²) in [6.07, 6.45) is 0. The average Bonchev–Trinajstić information content (AvgIpc) is 3.25. The molecule has 3 rings (SSSR count). The number of carboxylic acid groups (broad SMARTS) is 1. The molecule has 0 saturated heterocycles. The quantitative estimate of drug-likeness (QED) is 0.935. The Morgan fingerprint density at radius 1 is 0.913 bits per heavy atom. The van der Waals surface area contributed by atoms with E-state index in [1.807, 2.05) is 38.1 Å². The van der Waals surface area contributed by atoms with Crippen molar-refractivity contribution in [3.8, 4) is 0 Å². The van der Waals surface area contributed by atoms with Crippen LogP contribution < -0.4 is 0 Å². The highest BCUT2D eigenvalue weighted by molar-refractivity contribution is 7.92. The maximum Gasteiger partial charge on any atom is 0.308 e. The molecule has 0 amide bonds. The van der Waals surface area contributed by atoms with Crippen LogP contribution in [-0.2, 0) is 14.6 Å². The first-order chi connectivity index (χ1) is 10.8. The number of aryl methyl sites for hydroxylation is 2. The lowest BCUT2D eigenvalue weighted by Crippen LogP contribution is -2.13. The van der Waals surface area contributed by atoms with Crippen LogP contribution in [-0.4, -0.2) is 24.7 Å². The highest BCUT2D eigenvalue weighted by Crippen LogP contribution is 2.54. The number of aliphatic carboxylic acids is 1. The zero-order valence-electron chi connectivity index (χ0n) is 12.9. The van der Waals surface area contributed by atoms with Gasteiger partial charge in [-0.15, -0.1) is 0 Å². The fourth-order valence-electron chi connectivity index (χ4n) is 3.03. The van der Waals surface area contributed by atoms with E-state index < -0.39 is 32.9 Å². The van der Waals surface area contributed by atoms with E-state index in [1.54, 1.807) is 24.3 Å². The predicted molar refractivity (Wildman–Crippen MR) is 87.2 cm³/mol. The summed E-state index contributed by atoms with van der Waals surface area (Å²) in [6, 6.07) is 13.9. The molecule has 0 spiro atoms. The van der Waals surface area contributed by atoms with Crippen molar-refractivity contribution in [3.63, 3.8) is 0 Å². The van der Waals surface area contributed by atoms with Gasteiger partial charge in [-0.3, -0.25) is 4.79 Å².